The minimum atomic E-state index is -4.36. The van der Waals surface area contributed by atoms with Crippen LogP contribution in [0.15, 0.2) is 47.9 Å². The molecule has 6 rings (SSSR count). The number of halogens is 3. The molecule has 2 aliphatic rings. The Morgan fingerprint density at radius 1 is 1.05 bits per heavy atom. The molecule has 5 heterocycles. The largest absolute Gasteiger partial charge is 0.350 e. The number of hydrogen-bond acceptors (Lipinski definition) is 9. The van der Waals surface area contributed by atoms with Gasteiger partial charge in [0.25, 0.3) is 10.0 Å². The van der Waals surface area contributed by atoms with Gasteiger partial charge in [-0.3, -0.25) is 3.97 Å². The molecule has 0 bridgehead atoms. The predicted octanol–water partition coefficient (Wildman–Crippen LogP) is 3.76. The number of pyridine rings is 2. The monoisotopic (exact) mass is 627 g/mol. The second-order valence-electron chi connectivity index (χ2n) is 10.2. The van der Waals surface area contributed by atoms with Gasteiger partial charge in [-0.25, -0.2) is 22.8 Å². The van der Waals surface area contributed by atoms with Crippen LogP contribution >= 0.6 is 23.2 Å². The Morgan fingerprint density at radius 3 is 2.48 bits per heavy atom. The first-order valence-corrected chi connectivity index (χ1v) is 16.1. The highest BCUT2D eigenvalue weighted by Gasteiger charge is 2.53. The van der Waals surface area contributed by atoms with Crippen LogP contribution in [0.4, 0.5) is 16.0 Å². The van der Waals surface area contributed by atoms with E-state index < -0.39 is 36.7 Å². The summed E-state index contributed by atoms with van der Waals surface area (Å²) in [6.45, 7) is 4.24. The van der Waals surface area contributed by atoms with Gasteiger partial charge in [0.05, 0.1) is 26.2 Å². The van der Waals surface area contributed by atoms with Crippen LogP contribution in [0.1, 0.15) is 26.7 Å². The third-order valence-corrected chi connectivity index (χ3v) is 11.4. The highest BCUT2D eigenvalue weighted by molar-refractivity contribution is 7.91. The molecule has 1 aliphatic carbocycles. The Balaban J connectivity index is 1.41. The first kappa shape index (κ1) is 27.2. The lowest BCUT2D eigenvalue weighted by molar-refractivity contribution is 0.492. The Morgan fingerprint density at radius 2 is 1.80 bits per heavy atom. The Kier molecular flexibility index (Phi) is 6.33. The molecule has 0 amide bonds. The van der Waals surface area contributed by atoms with Gasteiger partial charge in [-0.2, -0.15) is 8.42 Å². The minimum absolute atomic E-state index is 0.0191. The van der Waals surface area contributed by atoms with Crippen LogP contribution in [0.25, 0.3) is 11.0 Å². The average Bonchev–Trinajstić information content (AvgIpc) is 3.29. The van der Waals surface area contributed by atoms with Gasteiger partial charge >= 0.3 is 0 Å². The molecule has 0 unspecified atom stereocenters. The van der Waals surface area contributed by atoms with E-state index in [0.29, 0.717) is 30.8 Å². The van der Waals surface area contributed by atoms with E-state index in [0.717, 1.165) is 27.1 Å². The van der Waals surface area contributed by atoms with Gasteiger partial charge in [0.15, 0.2) is 23.1 Å². The van der Waals surface area contributed by atoms with Crippen molar-refractivity contribution >= 4 is 65.9 Å². The molecule has 1 saturated carbocycles. The second kappa shape index (κ2) is 9.29. The molecule has 0 atom stereocenters. The number of piperazine rings is 1. The van der Waals surface area contributed by atoms with Gasteiger partial charge in [-0.1, -0.05) is 23.2 Å². The summed E-state index contributed by atoms with van der Waals surface area (Å²) in [5.74, 6) is 0.0256. The fraction of sp³-hybridized carbons (Fsp3) is 0.375. The molecule has 0 radical (unpaired) electrons. The number of aromatic nitrogens is 5. The standard InChI is InChI=1S/C24H24Cl2FN7O4S2/c1-15(2)39(35,36)32-8-4-17(13-32)40(37,38)34-22-20(18(26)3-7-28-22)23(30-34)33-10-9-31(14-24(33)5-6-24)21-19(27)11-16(25)12-29-21/h3-4,7-8,11-13,15H,5-6,9-10,14H2,1-2H3. The maximum absolute atomic E-state index is 14.7. The minimum Gasteiger partial charge on any atom is -0.350 e. The highest BCUT2D eigenvalue weighted by atomic mass is 35.5. The van der Waals surface area contributed by atoms with Gasteiger partial charge in [0, 0.05) is 44.4 Å². The van der Waals surface area contributed by atoms with Crippen LogP contribution in [0, 0.1) is 5.82 Å². The molecule has 0 aromatic carbocycles. The Labute approximate surface area is 240 Å². The summed E-state index contributed by atoms with van der Waals surface area (Å²) < 4.78 is 69.1. The highest BCUT2D eigenvalue weighted by Crippen LogP contribution is 2.49. The molecule has 0 N–H and O–H groups in total. The smallest absolute Gasteiger partial charge is 0.286 e. The summed E-state index contributed by atoms with van der Waals surface area (Å²) in [6.07, 6.45) is 6.57. The van der Waals surface area contributed by atoms with Crippen LogP contribution in [0.2, 0.25) is 10.0 Å². The zero-order valence-electron chi connectivity index (χ0n) is 21.4. The van der Waals surface area contributed by atoms with E-state index in [2.05, 4.69) is 15.1 Å². The SMILES string of the molecule is CC(C)S(=O)(=O)n1ccc(S(=O)(=O)n2nc(N3CCN(c4ncc(Cl)cc4F)CC34CC4)c3c(Cl)ccnc32)c1. The first-order valence-electron chi connectivity index (χ1n) is 12.4. The van der Waals surface area contributed by atoms with Crippen LogP contribution in [0.5, 0.6) is 0 Å². The maximum Gasteiger partial charge on any atom is 0.286 e. The van der Waals surface area contributed by atoms with Crippen molar-refractivity contribution in [1.82, 2.24) is 23.1 Å². The Bertz CT molecular complexity index is 1870. The zero-order chi connectivity index (χ0) is 28.6. The molecule has 1 saturated heterocycles. The first-order chi connectivity index (χ1) is 18.8. The van der Waals surface area contributed by atoms with Crippen LogP contribution in [0.3, 0.4) is 0 Å². The number of rotatable bonds is 6. The number of nitrogens with zero attached hydrogens (tertiary/aromatic N) is 7. The molecular weight excluding hydrogens is 604 g/mol. The maximum atomic E-state index is 14.7. The van der Waals surface area contributed by atoms with Crippen molar-refractivity contribution in [3.05, 3.63) is 58.8 Å². The van der Waals surface area contributed by atoms with E-state index >= 15 is 0 Å². The van der Waals surface area contributed by atoms with Crippen molar-refractivity contribution in [2.45, 2.75) is 42.4 Å². The molecule has 40 heavy (non-hydrogen) atoms. The fourth-order valence-electron chi connectivity index (χ4n) is 5.03. The average molecular weight is 629 g/mol. The summed E-state index contributed by atoms with van der Waals surface area (Å²) in [5, 5.41) is 4.60. The van der Waals surface area contributed by atoms with Gasteiger partial charge in [0.2, 0.25) is 10.0 Å². The van der Waals surface area contributed by atoms with E-state index in [1.807, 2.05) is 9.80 Å². The van der Waals surface area contributed by atoms with Gasteiger partial charge in [0.1, 0.15) is 4.90 Å². The van der Waals surface area contributed by atoms with E-state index in [1.165, 1.54) is 44.6 Å². The van der Waals surface area contributed by atoms with E-state index in [-0.39, 0.29) is 26.4 Å². The predicted molar refractivity (Wildman–Crippen MR) is 150 cm³/mol. The second-order valence-corrected chi connectivity index (χ2v) is 15.2. The molecule has 1 aliphatic heterocycles. The third-order valence-electron chi connectivity index (χ3n) is 7.35. The summed E-state index contributed by atoms with van der Waals surface area (Å²) >= 11 is 12.5. The van der Waals surface area contributed by atoms with Gasteiger partial charge in [-0.15, -0.1) is 9.19 Å². The number of hydrogen-bond donors (Lipinski definition) is 0. The lowest BCUT2D eigenvalue weighted by Crippen LogP contribution is -2.56. The van der Waals surface area contributed by atoms with E-state index in [9.17, 15) is 21.2 Å². The van der Waals surface area contributed by atoms with Crippen LogP contribution < -0.4 is 9.80 Å². The molecule has 16 heteroatoms. The van der Waals surface area contributed by atoms with Crippen molar-refractivity contribution in [2.75, 3.05) is 29.4 Å². The van der Waals surface area contributed by atoms with Crippen molar-refractivity contribution in [1.29, 1.82) is 0 Å². The molecule has 4 aromatic rings. The molecule has 2 fully saturated rings. The quantitative estimate of drug-likeness (QED) is 0.314. The van der Waals surface area contributed by atoms with Crippen molar-refractivity contribution in [3.63, 3.8) is 0 Å². The topological polar surface area (TPSA) is 123 Å². The summed E-state index contributed by atoms with van der Waals surface area (Å²) in [6, 6.07) is 3.99. The third kappa shape index (κ3) is 4.23. The molecule has 11 nitrogen and oxygen atoms in total. The molecule has 1 spiro atoms. The number of anilines is 2. The summed E-state index contributed by atoms with van der Waals surface area (Å²) in [4.78, 5) is 12.1. The summed E-state index contributed by atoms with van der Waals surface area (Å²) in [7, 11) is -8.12. The van der Waals surface area contributed by atoms with E-state index in [1.54, 1.807) is 6.07 Å². The lowest BCUT2D eigenvalue weighted by Gasteiger charge is -2.43. The normalized spacial score (nSPS) is 17.4. The van der Waals surface area contributed by atoms with Gasteiger partial charge in [-0.05, 0) is 44.9 Å². The zero-order valence-corrected chi connectivity index (χ0v) is 24.5. The van der Waals surface area contributed by atoms with Crippen molar-refractivity contribution < 1.29 is 21.2 Å². The fourth-order valence-corrected chi connectivity index (χ4v) is 7.68. The molecular formula is C24H24Cl2FN7O4S2. The van der Waals surface area contributed by atoms with Gasteiger partial charge < -0.3 is 9.80 Å². The summed E-state index contributed by atoms with van der Waals surface area (Å²) in [5.41, 5.74) is -0.416. The van der Waals surface area contributed by atoms with Crippen molar-refractivity contribution in [3.8, 4) is 0 Å². The molecule has 4 aromatic heterocycles. The molecule has 212 valence electrons. The Hall–Kier alpha value is -2.94. The lowest BCUT2D eigenvalue weighted by atomic mass is 10.1. The van der Waals surface area contributed by atoms with Crippen LogP contribution in [-0.4, -0.2) is 70.4 Å². The van der Waals surface area contributed by atoms with Crippen LogP contribution in [-0.2, 0) is 20.0 Å². The number of fused-ring (bicyclic) bond motifs is 1. The van der Waals surface area contributed by atoms with E-state index in [4.69, 9.17) is 23.2 Å². The van der Waals surface area contributed by atoms with Crippen molar-refractivity contribution in [2.24, 2.45) is 0 Å².